The minimum Gasteiger partial charge on any atom is -0.492 e. The number of nitrogens with zero attached hydrogens (tertiary/aromatic N) is 3. The summed E-state index contributed by atoms with van der Waals surface area (Å²) in [5.74, 6) is -0.285. The summed E-state index contributed by atoms with van der Waals surface area (Å²) in [5.41, 5.74) is 0.671. The maximum atomic E-state index is 11.1. The van der Waals surface area contributed by atoms with Gasteiger partial charge in [-0.3, -0.25) is 0 Å². The number of rotatable bonds is 7. The lowest BCUT2D eigenvalue weighted by atomic mass is 10.2. The number of aromatic carboxylic acids is 1. The van der Waals surface area contributed by atoms with Crippen LogP contribution in [0.3, 0.4) is 0 Å². The first-order chi connectivity index (χ1) is 10.1. The number of carboxylic acids is 1. The van der Waals surface area contributed by atoms with E-state index in [2.05, 4.69) is 26.2 Å². The molecule has 0 amide bonds. The van der Waals surface area contributed by atoms with E-state index >= 15 is 0 Å². The maximum Gasteiger partial charge on any atom is 0.358 e. The van der Waals surface area contributed by atoms with E-state index in [1.165, 1.54) is 0 Å². The number of carbonyl (C=O) groups is 1. The molecule has 0 unspecified atom stereocenters. The van der Waals surface area contributed by atoms with Gasteiger partial charge in [-0.2, -0.15) is 0 Å². The number of hydrogen-bond donors (Lipinski definition) is 1. The lowest BCUT2D eigenvalue weighted by Gasteiger charge is -2.08. The second kappa shape index (κ2) is 7.21. The Morgan fingerprint density at radius 3 is 2.71 bits per heavy atom. The van der Waals surface area contributed by atoms with Crippen molar-refractivity contribution < 1.29 is 14.6 Å². The molecule has 0 bridgehead atoms. The predicted molar refractivity (Wildman–Crippen MR) is 80.6 cm³/mol. The van der Waals surface area contributed by atoms with Crippen molar-refractivity contribution in [2.45, 2.75) is 26.3 Å². The summed E-state index contributed by atoms with van der Waals surface area (Å²) in [6.45, 7) is 2.85. The number of benzene rings is 1. The van der Waals surface area contributed by atoms with Gasteiger partial charge in [-0.1, -0.05) is 34.5 Å². The fourth-order valence-electron chi connectivity index (χ4n) is 1.94. The third-order valence-corrected chi connectivity index (χ3v) is 3.44. The van der Waals surface area contributed by atoms with Crippen molar-refractivity contribution in [2.75, 3.05) is 6.61 Å². The van der Waals surface area contributed by atoms with Crippen LogP contribution in [0.1, 0.15) is 29.5 Å². The van der Waals surface area contributed by atoms with Crippen molar-refractivity contribution in [3.05, 3.63) is 40.1 Å². The van der Waals surface area contributed by atoms with Crippen LogP contribution in [0.25, 0.3) is 0 Å². The summed E-state index contributed by atoms with van der Waals surface area (Å²) in [4.78, 5) is 11.1. The predicted octanol–water partition coefficient (Wildman–Crippen LogP) is 2.77. The molecule has 0 aliphatic rings. The molecule has 0 atom stereocenters. The van der Waals surface area contributed by atoms with E-state index in [0.717, 1.165) is 16.6 Å². The van der Waals surface area contributed by atoms with E-state index < -0.39 is 5.97 Å². The molecule has 0 aliphatic heterocycles. The molecule has 7 heteroatoms. The average Bonchev–Trinajstić information content (AvgIpc) is 2.85. The van der Waals surface area contributed by atoms with Crippen molar-refractivity contribution in [1.29, 1.82) is 0 Å². The Morgan fingerprint density at radius 2 is 2.10 bits per heavy atom. The summed E-state index contributed by atoms with van der Waals surface area (Å²) in [6, 6.07) is 7.52. The Labute approximate surface area is 130 Å². The second-order valence-corrected chi connectivity index (χ2v) is 5.38. The van der Waals surface area contributed by atoms with Crippen LogP contribution in [0, 0.1) is 0 Å². The fourth-order valence-corrected chi connectivity index (χ4v) is 2.21. The standard InChI is InChI=1S/C14H16BrN3O3/c1-2-3-12-13(14(19)20)16-17-18(12)8-9-21-11-6-4-10(15)5-7-11/h4-7H,2-3,8-9H2,1H3,(H,19,20). The Hall–Kier alpha value is -1.89. The minimum atomic E-state index is -1.04. The largest absolute Gasteiger partial charge is 0.492 e. The molecule has 2 rings (SSSR count). The molecular formula is C14H16BrN3O3. The molecule has 1 N–H and O–H groups in total. The van der Waals surface area contributed by atoms with E-state index in [-0.39, 0.29) is 5.69 Å². The minimum absolute atomic E-state index is 0.0282. The Morgan fingerprint density at radius 1 is 1.38 bits per heavy atom. The number of aromatic nitrogens is 3. The van der Waals surface area contributed by atoms with Gasteiger partial charge in [-0.15, -0.1) is 5.10 Å². The lowest BCUT2D eigenvalue weighted by molar-refractivity contribution is 0.0689. The SMILES string of the molecule is CCCc1c(C(=O)O)nnn1CCOc1ccc(Br)cc1. The molecule has 0 spiro atoms. The van der Waals surface area contributed by atoms with Gasteiger partial charge in [0, 0.05) is 4.47 Å². The number of halogens is 1. The third-order valence-electron chi connectivity index (χ3n) is 2.91. The van der Waals surface area contributed by atoms with Gasteiger partial charge in [-0.05, 0) is 30.7 Å². The van der Waals surface area contributed by atoms with Crippen molar-refractivity contribution in [3.63, 3.8) is 0 Å². The van der Waals surface area contributed by atoms with E-state index in [9.17, 15) is 4.79 Å². The van der Waals surface area contributed by atoms with Crippen LogP contribution in [0.5, 0.6) is 5.75 Å². The molecular weight excluding hydrogens is 338 g/mol. The zero-order chi connectivity index (χ0) is 15.2. The van der Waals surface area contributed by atoms with E-state index in [1.54, 1.807) is 4.68 Å². The summed E-state index contributed by atoms with van der Waals surface area (Å²) >= 11 is 3.36. The van der Waals surface area contributed by atoms with Crippen molar-refractivity contribution in [3.8, 4) is 5.75 Å². The third kappa shape index (κ3) is 4.04. The van der Waals surface area contributed by atoms with Crippen molar-refractivity contribution >= 4 is 21.9 Å². The summed E-state index contributed by atoms with van der Waals surface area (Å²) in [7, 11) is 0. The Kier molecular flexibility index (Phi) is 5.32. The zero-order valence-electron chi connectivity index (χ0n) is 11.6. The maximum absolute atomic E-state index is 11.1. The Balaban J connectivity index is 1.99. The van der Waals surface area contributed by atoms with Gasteiger partial charge < -0.3 is 9.84 Å². The summed E-state index contributed by atoms with van der Waals surface area (Å²) < 4.78 is 8.20. The zero-order valence-corrected chi connectivity index (χ0v) is 13.2. The number of carboxylic acid groups (broad SMARTS) is 1. The lowest BCUT2D eigenvalue weighted by Crippen LogP contribution is -2.13. The molecule has 0 saturated carbocycles. The van der Waals surface area contributed by atoms with Crippen LogP contribution in [-0.4, -0.2) is 32.7 Å². The molecule has 112 valence electrons. The summed E-state index contributed by atoms with van der Waals surface area (Å²) in [6.07, 6.45) is 1.47. The molecule has 0 fully saturated rings. The van der Waals surface area contributed by atoms with Crippen LogP contribution in [0.4, 0.5) is 0 Å². The van der Waals surface area contributed by atoms with Gasteiger partial charge in [-0.25, -0.2) is 9.48 Å². The molecule has 6 nitrogen and oxygen atoms in total. The number of ether oxygens (including phenoxy) is 1. The average molecular weight is 354 g/mol. The first-order valence-electron chi connectivity index (χ1n) is 6.65. The first-order valence-corrected chi connectivity index (χ1v) is 7.45. The molecule has 1 aromatic heterocycles. The van der Waals surface area contributed by atoms with Crippen LogP contribution in [-0.2, 0) is 13.0 Å². The van der Waals surface area contributed by atoms with Crippen LogP contribution >= 0.6 is 15.9 Å². The molecule has 1 aromatic carbocycles. The summed E-state index contributed by atoms with van der Waals surface area (Å²) in [5, 5.41) is 16.7. The van der Waals surface area contributed by atoms with E-state index in [0.29, 0.717) is 25.3 Å². The molecule has 1 heterocycles. The molecule has 2 aromatic rings. The highest BCUT2D eigenvalue weighted by Crippen LogP contribution is 2.16. The smallest absolute Gasteiger partial charge is 0.358 e. The highest BCUT2D eigenvalue weighted by molar-refractivity contribution is 9.10. The van der Waals surface area contributed by atoms with Gasteiger partial charge in [0.15, 0.2) is 5.69 Å². The van der Waals surface area contributed by atoms with E-state index in [1.807, 2.05) is 31.2 Å². The van der Waals surface area contributed by atoms with Crippen LogP contribution in [0.15, 0.2) is 28.7 Å². The van der Waals surface area contributed by atoms with Gasteiger partial charge in [0.2, 0.25) is 0 Å². The van der Waals surface area contributed by atoms with Gasteiger partial charge in [0.1, 0.15) is 12.4 Å². The number of hydrogen-bond acceptors (Lipinski definition) is 4. The monoisotopic (exact) mass is 353 g/mol. The van der Waals surface area contributed by atoms with Gasteiger partial charge >= 0.3 is 5.97 Å². The Bertz CT molecular complexity index is 610. The quantitative estimate of drug-likeness (QED) is 0.827. The normalized spacial score (nSPS) is 10.6. The first kappa shape index (κ1) is 15.5. The van der Waals surface area contributed by atoms with Gasteiger partial charge in [0.25, 0.3) is 0 Å². The van der Waals surface area contributed by atoms with Crippen molar-refractivity contribution in [1.82, 2.24) is 15.0 Å². The highest BCUT2D eigenvalue weighted by Gasteiger charge is 2.17. The molecule has 0 radical (unpaired) electrons. The van der Waals surface area contributed by atoms with Gasteiger partial charge in [0.05, 0.1) is 12.2 Å². The molecule has 21 heavy (non-hydrogen) atoms. The van der Waals surface area contributed by atoms with Crippen molar-refractivity contribution in [2.24, 2.45) is 0 Å². The highest BCUT2D eigenvalue weighted by atomic mass is 79.9. The van der Waals surface area contributed by atoms with Crippen LogP contribution in [0.2, 0.25) is 0 Å². The van der Waals surface area contributed by atoms with E-state index in [4.69, 9.17) is 9.84 Å². The molecule has 0 saturated heterocycles. The second-order valence-electron chi connectivity index (χ2n) is 4.47. The molecule has 0 aliphatic carbocycles. The fraction of sp³-hybridized carbons (Fsp3) is 0.357. The van der Waals surface area contributed by atoms with Crippen LogP contribution < -0.4 is 4.74 Å². The topological polar surface area (TPSA) is 77.2 Å².